The molecule has 0 amide bonds. The lowest BCUT2D eigenvalue weighted by Gasteiger charge is -2.12. The Hall–Kier alpha value is -1.82. The number of nitrogens with two attached hydrogens (primary N) is 1. The summed E-state index contributed by atoms with van der Waals surface area (Å²) in [6.45, 7) is 3.11. The van der Waals surface area contributed by atoms with Crippen LogP contribution >= 0.6 is 0 Å². The Bertz CT molecular complexity index is 390. The summed E-state index contributed by atoms with van der Waals surface area (Å²) in [5, 5.41) is 22.5. The lowest BCUT2D eigenvalue weighted by atomic mass is 10.1. The minimum atomic E-state index is -0.771. The van der Waals surface area contributed by atoms with Crippen molar-refractivity contribution in [2.24, 2.45) is 0 Å². The van der Waals surface area contributed by atoms with Crippen molar-refractivity contribution in [3.05, 3.63) is 27.8 Å². The standard InChI is InChI=1S/C9H13N3O3/c1-5-8(11-6(2)13)4-3-7(10)9(5)12(14)15/h3-4,6,11,13H,10H2,1-2H3. The first-order chi connectivity index (χ1) is 6.93. The van der Waals surface area contributed by atoms with Crippen molar-refractivity contribution < 1.29 is 10.0 Å². The number of anilines is 2. The van der Waals surface area contributed by atoms with Gasteiger partial charge < -0.3 is 16.2 Å². The topological polar surface area (TPSA) is 101 Å². The number of rotatable bonds is 3. The first-order valence-corrected chi connectivity index (χ1v) is 4.41. The van der Waals surface area contributed by atoms with E-state index in [0.717, 1.165) is 0 Å². The van der Waals surface area contributed by atoms with Crippen molar-refractivity contribution in [3.8, 4) is 0 Å². The summed E-state index contributed by atoms with van der Waals surface area (Å²) < 4.78 is 0. The fourth-order valence-corrected chi connectivity index (χ4v) is 1.34. The predicted molar refractivity (Wildman–Crippen MR) is 57.5 cm³/mol. The Morgan fingerprint density at radius 2 is 2.20 bits per heavy atom. The van der Waals surface area contributed by atoms with Gasteiger partial charge in [0, 0.05) is 5.69 Å². The van der Waals surface area contributed by atoms with Gasteiger partial charge in [-0.15, -0.1) is 0 Å². The molecule has 0 aliphatic carbocycles. The number of nitrogens with zero attached hydrogens (tertiary/aromatic N) is 1. The second kappa shape index (κ2) is 4.14. The zero-order valence-electron chi connectivity index (χ0n) is 8.52. The third kappa shape index (κ3) is 2.35. The van der Waals surface area contributed by atoms with E-state index in [4.69, 9.17) is 10.8 Å². The van der Waals surface area contributed by atoms with Gasteiger partial charge in [-0.1, -0.05) is 0 Å². The summed E-state index contributed by atoms with van der Waals surface area (Å²) in [7, 11) is 0. The largest absolute Gasteiger partial charge is 0.393 e. The molecule has 82 valence electrons. The molecule has 0 aliphatic heterocycles. The molecule has 0 heterocycles. The summed E-state index contributed by atoms with van der Waals surface area (Å²) >= 11 is 0. The number of aliphatic hydroxyl groups is 1. The van der Waals surface area contributed by atoms with Gasteiger partial charge in [-0.2, -0.15) is 0 Å². The Labute approximate surface area is 86.9 Å². The van der Waals surface area contributed by atoms with Crippen molar-refractivity contribution >= 4 is 17.1 Å². The fourth-order valence-electron chi connectivity index (χ4n) is 1.34. The summed E-state index contributed by atoms with van der Waals surface area (Å²) in [6.07, 6.45) is -0.771. The number of nitro groups is 1. The van der Waals surface area contributed by atoms with E-state index in [-0.39, 0.29) is 11.4 Å². The summed E-state index contributed by atoms with van der Waals surface area (Å²) in [6, 6.07) is 3.04. The molecule has 0 radical (unpaired) electrons. The molecule has 1 aromatic rings. The van der Waals surface area contributed by atoms with Gasteiger partial charge in [-0.3, -0.25) is 10.1 Å². The fraction of sp³-hybridized carbons (Fsp3) is 0.333. The molecule has 0 aliphatic rings. The van der Waals surface area contributed by atoms with Gasteiger partial charge in [0.25, 0.3) is 5.69 Å². The molecule has 6 nitrogen and oxygen atoms in total. The molecule has 1 atom stereocenters. The van der Waals surface area contributed by atoms with Gasteiger partial charge in [0.2, 0.25) is 0 Å². The van der Waals surface area contributed by atoms with E-state index in [0.29, 0.717) is 11.3 Å². The number of nitrogen functional groups attached to an aromatic ring is 1. The third-order valence-corrected chi connectivity index (χ3v) is 2.01. The van der Waals surface area contributed by atoms with Crippen molar-refractivity contribution in [1.29, 1.82) is 0 Å². The third-order valence-electron chi connectivity index (χ3n) is 2.01. The van der Waals surface area contributed by atoms with Crippen LogP contribution in [0.2, 0.25) is 0 Å². The molecule has 6 heteroatoms. The van der Waals surface area contributed by atoms with Crippen LogP contribution in [0.15, 0.2) is 12.1 Å². The van der Waals surface area contributed by atoms with Gasteiger partial charge in [-0.05, 0) is 26.0 Å². The maximum atomic E-state index is 10.7. The Balaban J connectivity index is 3.22. The maximum Gasteiger partial charge on any atom is 0.297 e. The van der Waals surface area contributed by atoms with Gasteiger partial charge in [0.1, 0.15) is 11.9 Å². The first-order valence-electron chi connectivity index (χ1n) is 4.41. The van der Waals surface area contributed by atoms with E-state index >= 15 is 0 Å². The van der Waals surface area contributed by atoms with Gasteiger partial charge >= 0.3 is 0 Å². The highest BCUT2D eigenvalue weighted by atomic mass is 16.6. The Morgan fingerprint density at radius 3 is 2.67 bits per heavy atom. The zero-order valence-corrected chi connectivity index (χ0v) is 8.52. The van der Waals surface area contributed by atoms with Crippen LogP contribution in [0.5, 0.6) is 0 Å². The average molecular weight is 211 g/mol. The second-order valence-electron chi connectivity index (χ2n) is 3.25. The molecule has 1 aromatic carbocycles. The number of nitrogens with one attached hydrogen (secondary N) is 1. The quantitative estimate of drug-likeness (QED) is 0.302. The zero-order chi connectivity index (χ0) is 11.6. The molecule has 0 fully saturated rings. The van der Waals surface area contributed by atoms with Crippen LogP contribution in [0.4, 0.5) is 17.1 Å². The Morgan fingerprint density at radius 1 is 1.60 bits per heavy atom. The number of hydrogen-bond acceptors (Lipinski definition) is 5. The summed E-state index contributed by atoms with van der Waals surface area (Å²) in [5.74, 6) is 0. The van der Waals surface area contributed by atoms with Crippen LogP contribution in [0.25, 0.3) is 0 Å². The van der Waals surface area contributed by atoms with E-state index in [2.05, 4.69) is 5.32 Å². The summed E-state index contributed by atoms with van der Waals surface area (Å²) in [5.41, 5.74) is 6.41. The van der Waals surface area contributed by atoms with Crippen molar-refractivity contribution in [2.45, 2.75) is 20.1 Å². The SMILES string of the molecule is Cc1c(NC(C)O)ccc(N)c1[N+](=O)[O-]. The van der Waals surface area contributed by atoms with Crippen LogP contribution in [-0.4, -0.2) is 16.3 Å². The number of benzene rings is 1. The van der Waals surface area contributed by atoms with Crippen LogP contribution in [0.1, 0.15) is 12.5 Å². The van der Waals surface area contributed by atoms with Crippen molar-refractivity contribution in [3.63, 3.8) is 0 Å². The molecule has 1 rings (SSSR count). The first kappa shape index (κ1) is 11.3. The molecule has 0 saturated heterocycles. The molecule has 15 heavy (non-hydrogen) atoms. The number of nitro benzene ring substituents is 1. The van der Waals surface area contributed by atoms with E-state index in [1.807, 2.05) is 0 Å². The maximum absolute atomic E-state index is 10.7. The predicted octanol–water partition coefficient (Wildman–Crippen LogP) is 1.24. The van der Waals surface area contributed by atoms with E-state index in [1.165, 1.54) is 13.0 Å². The van der Waals surface area contributed by atoms with Crippen molar-refractivity contribution in [2.75, 3.05) is 11.1 Å². The molecule has 0 spiro atoms. The second-order valence-corrected chi connectivity index (χ2v) is 3.25. The monoisotopic (exact) mass is 211 g/mol. The highest BCUT2D eigenvalue weighted by Gasteiger charge is 2.18. The van der Waals surface area contributed by atoms with Gasteiger partial charge in [0.15, 0.2) is 0 Å². The smallest absolute Gasteiger partial charge is 0.297 e. The van der Waals surface area contributed by atoms with Gasteiger partial charge in [0.05, 0.1) is 10.5 Å². The lowest BCUT2D eigenvalue weighted by Crippen LogP contribution is -2.15. The highest BCUT2D eigenvalue weighted by molar-refractivity contribution is 5.71. The molecule has 0 aromatic heterocycles. The molecule has 4 N–H and O–H groups in total. The molecule has 1 unspecified atom stereocenters. The Kier molecular flexibility index (Phi) is 3.11. The van der Waals surface area contributed by atoms with Crippen LogP contribution < -0.4 is 11.1 Å². The molecular formula is C9H13N3O3. The molecule has 0 saturated carbocycles. The van der Waals surface area contributed by atoms with E-state index < -0.39 is 11.2 Å². The van der Waals surface area contributed by atoms with Gasteiger partial charge in [-0.25, -0.2) is 0 Å². The number of hydrogen-bond donors (Lipinski definition) is 3. The van der Waals surface area contributed by atoms with Crippen LogP contribution in [-0.2, 0) is 0 Å². The molecular weight excluding hydrogens is 198 g/mol. The average Bonchev–Trinajstić information content (AvgIpc) is 2.09. The van der Waals surface area contributed by atoms with E-state index in [9.17, 15) is 10.1 Å². The minimum absolute atomic E-state index is 0.119. The highest BCUT2D eigenvalue weighted by Crippen LogP contribution is 2.31. The van der Waals surface area contributed by atoms with Crippen LogP contribution in [0.3, 0.4) is 0 Å². The number of aliphatic hydroxyl groups excluding tert-OH is 1. The summed E-state index contributed by atoms with van der Waals surface area (Å²) in [4.78, 5) is 10.2. The molecule has 0 bridgehead atoms. The van der Waals surface area contributed by atoms with Crippen molar-refractivity contribution in [1.82, 2.24) is 0 Å². The lowest BCUT2D eigenvalue weighted by molar-refractivity contribution is -0.384. The normalized spacial score (nSPS) is 12.2. The minimum Gasteiger partial charge on any atom is -0.393 e. The van der Waals surface area contributed by atoms with Crippen LogP contribution in [0, 0.1) is 17.0 Å². The van der Waals surface area contributed by atoms with E-state index in [1.54, 1.807) is 13.0 Å².